The topological polar surface area (TPSA) is 92.8 Å². The van der Waals surface area contributed by atoms with Crippen molar-refractivity contribution < 1.29 is 28.3 Å². The fraction of sp³-hybridized carbons (Fsp3) is 0.524. The van der Waals surface area contributed by atoms with Crippen molar-refractivity contribution in [1.29, 1.82) is 0 Å². The van der Waals surface area contributed by atoms with E-state index in [9.17, 15) is 23.6 Å². The molecule has 0 unspecified atom stereocenters. The van der Waals surface area contributed by atoms with E-state index in [1.165, 1.54) is 24.0 Å². The van der Waals surface area contributed by atoms with Gasteiger partial charge in [-0.1, -0.05) is 25.0 Å². The number of benzene rings is 1. The molecule has 1 aromatic carbocycles. The minimum absolute atomic E-state index is 0.0204. The Morgan fingerprint density at radius 3 is 2.31 bits per heavy atom. The number of fused-ring (bicyclic) bond motifs is 1. The van der Waals surface area contributed by atoms with Crippen LogP contribution in [0, 0.1) is 17.7 Å². The van der Waals surface area contributed by atoms with Crippen LogP contribution < -0.4 is 5.32 Å². The van der Waals surface area contributed by atoms with E-state index in [1.54, 1.807) is 12.1 Å². The van der Waals surface area contributed by atoms with Gasteiger partial charge in [-0.05, 0) is 37.5 Å². The van der Waals surface area contributed by atoms with Gasteiger partial charge in [-0.15, -0.1) is 0 Å². The number of halogens is 1. The molecule has 2 aliphatic rings. The quantitative estimate of drug-likeness (QED) is 0.554. The normalized spacial score (nSPS) is 22.2. The third kappa shape index (κ3) is 4.99. The van der Waals surface area contributed by atoms with E-state index < -0.39 is 18.0 Å². The zero-order valence-corrected chi connectivity index (χ0v) is 16.4. The molecule has 1 aliphatic carbocycles. The Hall–Kier alpha value is -2.77. The summed E-state index contributed by atoms with van der Waals surface area (Å²) in [5.74, 6) is -2.38. The molecule has 3 amide bonds. The smallest absolute Gasteiger partial charge is 0.308 e. The Labute approximate surface area is 168 Å². The van der Waals surface area contributed by atoms with Gasteiger partial charge in [0.2, 0.25) is 11.8 Å². The van der Waals surface area contributed by atoms with Gasteiger partial charge in [-0.3, -0.25) is 24.1 Å². The van der Waals surface area contributed by atoms with Crippen LogP contribution >= 0.6 is 0 Å². The van der Waals surface area contributed by atoms with E-state index in [2.05, 4.69) is 5.32 Å². The first-order chi connectivity index (χ1) is 13.9. The summed E-state index contributed by atoms with van der Waals surface area (Å²) >= 11 is 0. The highest BCUT2D eigenvalue weighted by Gasteiger charge is 2.47. The molecule has 156 valence electrons. The van der Waals surface area contributed by atoms with Crippen molar-refractivity contribution in [3.63, 3.8) is 0 Å². The molecule has 2 fully saturated rings. The molecule has 3 rings (SSSR count). The van der Waals surface area contributed by atoms with Crippen LogP contribution in [0.1, 0.15) is 44.6 Å². The van der Waals surface area contributed by atoms with E-state index in [0.29, 0.717) is 5.56 Å². The van der Waals surface area contributed by atoms with Crippen molar-refractivity contribution in [3.05, 3.63) is 35.6 Å². The highest BCUT2D eigenvalue weighted by molar-refractivity contribution is 6.05. The molecule has 0 bridgehead atoms. The number of hydrogen-bond acceptors (Lipinski definition) is 5. The maximum absolute atomic E-state index is 12.9. The first kappa shape index (κ1) is 21.0. The average Bonchev–Trinajstić information content (AvgIpc) is 2.96. The summed E-state index contributed by atoms with van der Waals surface area (Å²) in [4.78, 5) is 50.1. The fourth-order valence-corrected chi connectivity index (χ4v) is 3.90. The Balaban J connectivity index is 1.42. The van der Waals surface area contributed by atoms with E-state index >= 15 is 0 Å². The summed E-state index contributed by atoms with van der Waals surface area (Å²) in [6.45, 7) is 1.60. The van der Waals surface area contributed by atoms with Gasteiger partial charge in [-0.25, -0.2) is 4.39 Å². The van der Waals surface area contributed by atoms with Crippen LogP contribution in [0.2, 0.25) is 0 Å². The van der Waals surface area contributed by atoms with Gasteiger partial charge >= 0.3 is 5.97 Å². The molecule has 1 aromatic rings. The molecule has 0 radical (unpaired) electrons. The van der Waals surface area contributed by atoms with Crippen LogP contribution in [-0.4, -0.2) is 41.2 Å². The Morgan fingerprint density at radius 2 is 1.72 bits per heavy atom. The van der Waals surface area contributed by atoms with Gasteiger partial charge in [0.1, 0.15) is 5.82 Å². The molecule has 3 atom stereocenters. The second kappa shape index (κ2) is 9.15. The molecule has 29 heavy (non-hydrogen) atoms. The van der Waals surface area contributed by atoms with E-state index in [-0.39, 0.29) is 49.0 Å². The number of rotatable bonds is 7. The van der Waals surface area contributed by atoms with Gasteiger partial charge in [-0.2, -0.15) is 0 Å². The highest BCUT2D eigenvalue weighted by Crippen LogP contribution is 2.37. The number of ether oxygens (including phenoxy) is 1. The van der Waals surface area contributed by atoms with Crippen LogP contribution in [-0.2, 0) is 30.5 Å². The lowest BCUT2D eigenvalue weighted by molar-refractivity contribution is -0.155. The SMILES string of the molecule is C[C@H](OC(=O)CCN1C(=O)[C@H]2CCCC[C@@H]2C1=O)C(=O)NCc1ccc(F)cc1. The van der Waals surface area contributed by atoms with Crippen molar-refractivity contribution in [1.82, 2.24) is 10.2 Å². The fourth-order valence-electron chi connectivity index (χ4n) is 3.90. The van der Waals surface area contributed by atoms with Crippen molar-refractivity contribution in [2.45, 2.75) is 51.7 Å². The molecule has 0 spiro atoms. The number of carbonyl (C=O) groups excluding carboxylic acids is 4. The third-order valence-corrected chi connectivity index (χ3v) is 5.53. The predicted octanol–water partition coefficient (Wildman–Crippen LogP) is 1.94. The lowest BCUT2D eigenvalue weighted by atomic mass is 9.81. The Kier molecular flexibility index (Phi) is 6.61. The zero-order chi connectivity index (χ0) is 21.0. The van der Waals surface area contributed by atoms with Gasteiger partial charge in [0.15, 0.2) is 6.10 Å². The average molecular weight is 404 g/mol. The molecule has 7 nitrogen and oxygen atoms in total. The molecule has 0 aromatic heterocycles. The summed E-state index contributed by atoms with van der Waals surface area (Å²) in [5, 5.41) is 2.61. The number of amides is 3. The van der Waals surface area contributed by atoms with Crippen LogP contribution in [0.3, 0.4) is 0 Å². The van der Waals surface area contributed by atoms with Crippen LogP contribution in [0.4, 0.5) is 4.39 Å². The number of carbonyl (C=O) groups is 4. The maximum atomic E-state index is 12.9. The molecular formula is C21H25FN2O5. The molecule has 1 saturated heterocycles. The lowest BCUT2D eigenvalue weighted by Crippen LogP contribution is -2.37. The number of esters is 1. The minimum Gasteiger partial charge on any atom is -0.452 e. The molecule has 1 aliphatic heterocycles. The van der Waals surface area contributed by atoms with E-state index in [1.807, 2.05) is 0 Å². The predicted molar refractivity (Wildman–Crippen MR) is 101 cm³/mol. The molecule has 8 heteroatoms. The van der Waals surface area contributed by atoms with E-state index in [0.717, 1.165) is 25.7 Å². The van der Waals surface area contributed by atoms with Crippen molar-refractivity contribution in [3.8, 4) is 0 Å². The van der Waals surface area contributed by atoms with Crippen LogP contribution in [0.15, 0.2) is 24.3 Å². The maximum Gasteiger partial charge on any atom is 0.308 e. The molecule has 1 N–H and O–H groups in total. The van der Waals surface area contributed by atoms with Crippen LogP contribution in [0.5, 0.6) is 0 Å². The van der Waals surface area contributed by atoms with Gasteiger partial charge in [0.25, 0.3) is 5.91 Å². The molecule has 1 heterocycles. The van der Waals surface area contributed by atoms with Crippen molar-refractivity contribution in [2.24, 2.45) is 11.8 Å². The number of hydrogen-bond donors (Lipinski definition) is 1. The second-order valence-electron chi connectivity index (χ2n) is 7.55. The summed E-state index contributed by atoms with van der Waals surface area (Å²) in [7, 11) is 0. The highest BCUT2D eigenvalue weighted by atomic mass is 19.1. The number of nitrogens with one attached hydrogen (secondary N) is 1. The molecule has 1 saturated carbocycles. The van der Waals surface area contributed by atoms with Crippen molar-refractivity contribution in [2.75, 3.05) is 6.54 Å². The first-order valence-electron chi connectivity index (χ1n) is 9.93. The number of likely N-dealkylation sites (tertiary alicyclic amines) is 1. The van der Waals surface area contributed by atoms with Crippen molar-refractivity contribution >= 4 is 23.7 Å². The monoisotopic (exact) mass is 404 g/mol. The zero-order valence-electron chi connectivity index (χ0n) is 16.4. The molecular weight excluding hydrogens is 379 g/mol. The number of imide groups is 1. The third-order valence-electron chi connectivity index (χ3n) is 5.53. The Morgan fingerprint density at radius 1 is 1.14 bits per heavy atom. The standard InChI is InChI=1S/C21H25FN2O5/c1-13(19(26)23-12-14-6-8-15(22)9-7-14)29-18(25)10-11-24-20(27)16-4-2-3-5-17(16)21(24)28/h6-9,13,16-17H,2-5,10-12H2,1H3,(H,23,26)/t13-,16-,17-/m0/s1. The van der Waals surface area contributed by atoms with Crippen LogP contribution in [0.25, 0.3) is 0 Å². The summed E-state index contributed by atoms with van der Waals surface area (Å²) < 4.78 is 18.0. The van der Waals surface area contributed by atoms with Gasteiger partial charge in [0.05, 0.1) is 18.3 Å². The minimum atomic E-state index is -1.02. The lowest BCUT2D eigenvalue weighted by Gasteiger charge is -2.19. The summed E-state index contributed by atoms with van der Waals surface area (Å²) in [6.07, 6.45) is 2.17. The van der Waals surface area contributed by atoms with E-state index in [4.69, 9.17) is 4.74 Å². The summed E-state index contributed by atoms with van der Waals surface area (Å²) in [5.41, 5.74) is 0.714. The van der Waals surface area contributed by atoms with Gasteiger partial charge in [0, 0.05) is 13.1 Å². The summed E-state index contributed by atoms with van der Waals surface area (Å²) in [6, 6.07) is 5.69. The number of nitrogens with zero attached hydrogens (tertiary/aromatic N) is 1. The van der Waals surface area contributed by atoms with Gasteiger partial charge < -0.3 is 10.1 Å². The largest absolute Gasteiger partial charge is 0.452 e. The first-order valence-corrected chi connectivity index (χ1v) is 9.93. The Bertz CT molecular complexity index is 771. The second-order valence-corrected chi connectivity index (χ2v) is 7.55.